The first-order valence-corrected chi connectivity index (χ1v) is 7.22. The molecule has 0 saturated heterocycles. The maximum absolute atomic E-state index is 12.8. The largest absolute Gasteiger partial charge is 0.279 e. The van der Waals surface area contributed by atoms with Crippen molar-refractivity contribution >= 4 is 15.7 Å². The Morgan fingerprint density at radius 3 is 2.21 bits per heavy atom. The molecule has 1 N–H and O–H groups in total. The lowest BCUT2D eigenvalue weighted by atomic mass is 10.1. The molecule has 2 aromatic rings. The van der Waals surface area contributed by atoms with Crippen LogP contribution >= 0.6 is 0 Å². The first kappa shape index (κ1) is 13.5. The lowest BCUT2D eigenvalue weighted by Gasteiger charge is -2.11. The monoisotopic (exact) mass is 279 g/mol. The van der Waals surface area contributed by atoms with Gasteiger partial charge in [0, 0.05) is 0 Å². The number of nitrogens with one attached hydrogen (secondary N) is 1. The van der Waals surface area contributed by atoms with Gasteiger partial charge in [-0.2, -0.15) is 0 Å². The number of halogens is 1. The number of anilines is 1. The van der Waals surface area contributed by atoms with Crippen LogP contribution in [0, 0.1) is 19.7 Å². The molecule has 0 bridgehead atoms. The van der Waals surface area contributed by atoms with E-state index < -0.39 is 15.8 Å². The second-order valence-electron chi connectivity index (χ2n) is 4.38. The zero-order valence-electron chi connectivity index (χ0n) is 10.6. The third-order valence-electron chi connectivity index (χ3n) is 2.75. The number of sulfonamides is 1. The van der Waals surface area contributed by atoms with Crippen LogP contribution in [0.4, 0.5) is 10.1 Å². The first-order valence-electron chi connectivity index (χ1n) is 5.74. The smallest absolute Gasteiger partial charge is 0.261 e. The van der Waals surface area contributed by atoms with Gasteiger partial charge in [-0.1, -0.05) is 17.7 Å². The van der Waals surface area contributed by atoms with Crippen LogP contribution in [0.25, 0.3) is 0 Å². The molecular formula is C14H14FNO2S. The van der Waals surface area contributed by atoms with Crippen molar-refractivity contribution < 1.29 is 12.8 Å². The fourth-order valence-corrected chi connectivity index (χ4v) is 2.88. The van der Waals surface area contributed by atoms with Gasteiger partial charge in [-0.15, -0.1) is 0 Å². The van der Waals surface area contributed by atoms with Crippen LogP contribution < -0.4 is 4.72 Å². The van der Waals surface area contributed by atoms with Crippen LogP contribution in [0.3, 0.4) is 0 Å². The lowest BCUT2D eigenvalue weighted by Crippen LogP contribution is -2.13. The van der Waals surface area contributed by atoms with Crippen molar-refractivity contribution in [3.8, 4) is 0 Å². The molecule has 0 fully saturated rings. The van der Waals surface area contributed by atoms with Crippen LogP contribution in [-0.4, -0.2) is 8.42 Å². The van der Waals surface area contributed by atoms with Gasteiger partial charge in [-0.25, -0.2) is 12.8 Å². The summed E-state index contributed by atoms with van der Waals surface area (Å²) in [5.41, 5.74) is 2.42. The lowest BCUT2D eigenvalue weighted by molar-refractivity contribution is 0.599. The molecule has 0 aliphatic rings. The second-order valence-corrected chi connectivity index (χ2v) is 6.06. The molecule has 0 aliphatic carbocycles. The minimum Gasteiger partial charge on any atom is -0.279 e. The zero-order chi connectivity index (χ0) is 14.0. The molecule has 0 saturated carbocycles. The van der Waals surface area contributed by atoms with Gasteiger partial charge in [0.1, 0.15) is 5.82 Å². The van der Waals surface area contributed by atoms with Gasteiger partial charge in [0.05, 0.1) is 10.6 Å². The van der Waals surface area contributed by atoms with Crippen molar-refractivity contribution in [2.24, 2.45) is 0 Å². The van der Waals surface area contributed by atoms with Gasteiger partial charge in [0.25, 0.3) is 10.0 Å². The van der Waals surface area contributed by atoms with E-state index in [9.17, 15) is 12.8 Å². The number of hydrogen-bond acceptors (Lipinski definition) is 2. The quantitative estimate of drug-likeness (QED) is 0.937. The van der Waals surface area contributed by atoms with E-state index in [-0.39, 0.29) is 4.90 Å². The molecular weight excluding hydrogens is 265 g/mol. The van der Waals surface area contributed by atoms with E-state index >= 15 is 0 Å². The van der Waals surface area contributed by atoms with Crippen LogP contribution in [0.15, 0.2) is 47.4 Å². The van der Waals surface area contributed by atoms with E-state index in [2.05, 4.69) is 4.72 Å². The molecule has 100 valence electrons. The van der Waals surface area contributed by atoms with Crippen molar-refractivity contribution in [3.63, 3.8) is 0 Å². The van der Waals surface area contributed by atoms with Crippen molar-refractivity contribution in [2.75, 3.05) is 4.72 Å². The third-order valence-corrected chi connectivity index (χ3v) is 4.13. The van der Waals surface area contributed by atoms with E-state index in [1.807, 2.05) is 26.0 Å². The standard InChI is InChI=1S/C14H14FNO2S/c1-10-3-8-14(11(2)9-10)16-19(17,18)13-6-4-12(15)5-7-13/h3-9,16H,1-2H3. The summed E-state index contributed by atoms with van der Waals surface area (Å²) in [6.45, 7) is 3.76. The maximum atomic E-state index is 12.8. The van der Waals surface area contributed by atoms with Crippen molar-refractivity contribution in [1.82, 2.24) is 0 Å². The number of aryl methyl sites for hydroxylation is 2. The zero-order valence-corrected chi connectivity index (χ0v) is 11.5. The molecule has 2 rings (SSSR count). The predicted molar refractivity (Wildman–Crippen MR) is 73.1 cm³/mol. The topological polar surface area (TPSA) is 46.2 Å². The van der Waals surface area contributed by atoms with Crippen molar-refractivity contribution in [2.45, 2.75) is 18.7 Å². The summed E-state index contributed by atoms with van der Waals surface area (Å²) in [7, 11) is -3.68. The Morgan fingerprint density at radius 1 is 1.00 bits per heavy atom. The van der Waals surface area contributed by atoms with E-state index in [4.69, 9.17) is 0 Å². The Labute approximate surface area is 112 Å². The van der Waals surface area contributed by atoms with E-state index in [0.29, 0.717) is 5.69 Å². The minimum absolute atomic E-state index is 0.0360. The molecule has 0 unspecified atom stereocenters. The molecule has 0 aromatic heterocycles. The third kappa shape index (κ3) is 3.12. The van der Waals surface area contributed by atoms with Crippen LogP contribution in [0.5, 0.6) is 0 Å². The van der Waals surface area contributed by atoms with Gasteiger partial charge in [0.2, 0.25) is 0 Å². The van der Waals surface area contributed by atoms with Crippen LogP contribution in [0.1, 0.15) is 11.1 Å². The summed E-state index contributed by atoms with van der Waals surface area (Å²) in [5, 5.41) is 0. The SMILES string of the molecule is Cc1ccc(NS(=O)(=O)c2ccc(F)cc2)c(C)c1. The molecule has 0 spiro atoms. The van der Waals surface area contributed by atoms with Gasteiger partial charge in [0.15, 0.2) is 0 Å². The minimum atomic E-state index is -3.68. The Bertz CT molecular complexity index is 694. The molecule has 0 amide bonds. The van der Waals surface area contributed by atoms with Gasteiger partial charge in [-0.3, -0.25) is 4.72 Å². The summed E-state index contributed by atoms with van der Waals surface area (Å²) < 4.78 is 39.5. The number of hydrogen-bond donors (Lipinski definition) is 1. The molecule has 0 radical (unpaired) electrons. The number of benzene rings is 2. The number of rotatable bonds is 3. The molecule has 5 heteroatoms. The summed E-state index contributed by atoms with van der Waals surface area (Å²) in [6, 6.07) is 10.2. The first-order chi connectivity index (χ1) is 8.88. The van der Waals surface area contributed by atoms with Gasteiger partial charge < -0.3 is 0 Å². The molecule has 19 heavy (non-hydrogen) atoms. The summed E-state index contributed by atoms with van der Waals surface area (Å²) >= 11 is 0. The molecule has 0 heterocycles. The van der Waals surface area contributed by atoms with Gasteiger partial charge in [-0.05, 0) is 49.7 Å². The van der Waals surface area contributed by atoms with Crippen LogP contribution in [-0.2, 0) is 10.0 Å². The fourth-order valence-electron chi connectivity index (χ4n) is 1.75. The highest BCUT2D eigenvalue weighted by molar-refractivity contribution is 7.92. The van der Waals surface area contributed by atoms with Gasteiger partial charge >= 0.3 is 0 Å². The summed E-state index contributed by atoms with van der Waals surface area (Å²) in [4.78, 5) is 0.0360. The highest BCUT2D eigenvalue weighted by Gasteiger charge is 2.15. The Kier molecular flexibility index (Phi) is 3.57. The second kappa shape index (κ2) is 5.01. The fraction of sp³-hybridized carbons (Fsp3) is 0.143. The normalized spacial score (nSPS) is 11.3. The summed E-state index contributed by atoms with van der Waals surface area (Å²) in [5.74, 6) is -0.467. The Hall–Kier alpha value is -1.88. The highest BCUT2D eigenvalue weighted by atomic mass is 32.2. The van der Waals surface area contributed by atoms with E-state index in [1.54, 1.807) is 6.07 Å². The molecule has 3 nitrogen and oxygen atoms in total. The average Bonchev–Trinajstić information content (AvgIpc) is 2.33. The van der Waals surface area contributed by atoms with Crippen molar-refractivity contribution in [3.05, 3.63) is 59.4 Å². The summed E-state index contributed by atoms with van der Waals surface area (Å²) in [6.07, 6.45) is 0. The molecule has 2 aromatic carbocycles. The molecule has 0 aliphatic heterocycles. The average molecular weight is 279 g/mol. The Morgan fingerprint density at radius 2 is 1.63 bits per heavy atom. The van der Waals surface area contributed by atoms with Crippen LogP contribution in [0.2, 0.25) is 0 Å². The van der Waals surface area contributed by atoms with E-state index in [1.165, 1.54) is 12.1 Å². The molecule has 0 atom stereocenters. The predicted octanol–water partition coefficient (Wildman–Crippen LogP) is 3.24. The highest BCUT2D eigenvalue weighted by Crippen LogP contribution is 2.20. The Balaban J connectivity index is 2.33. The van der Waals surface area contributed by atoms with Crippen molar-refractivity contribution in [1.29, 1.82) is 0 Å². The maximum Gasteiger partial charge on any atom is 0.261 e. The van der Waals surface area contributed by atoms with E-state index in [0.717, 1.165) is 23.3 Å².